The van der Waals surface area contributed by atoms with Crippen LogP contribution in [0.3, 0.4) is 0 Å². The molecule has 0 aliphatic rings. The zero-order chi connectivity index (χ0) is 13.5. The SMILES string of the molecule is CCOC(=O)c1cc(CCl)cc(C(=O)OCC)c1. The number of carbonyl (C=O) groups excluding carboxylic acids is 2. The Kier molecular flexibility index (Phi) is 5.65. The third-order valence-corrected chi connectivity index (χ3v) is 2.48. The van der Waals surface area contributed by atoms with E-state index in [1.54, 1.807) is 26.0 Å². The molecule has 0 amide bonds. The summed E-state index contributed by atoms with van der Waals surface area (Å²) >= 11 is 5.73. The molecule has 0 saturated heterocycles. The summed E-state index contributed by atoms with van der Waals surface area (Å²) in [6, 6.07) is 4.66. The van der Waals surface area contributed by atoms with Gasteiger partial charge in [-0.05, 0) is 37.6 Å². The highest BCUT2D eigenvalue weighted by Crippen LogP contribution is 2.15. The number of carbonyl (C=O) groups is 2. The van der Waals surface area contributed by atoms with Gasteiger partial charge in [-0.2, -0.15) is 0 Å². The van der Waals surface area contributed by atoms with Crippen LogP contribution >= 0.6 is 11.6 Å². The van der Waals surface area contributed by atoms with E-state index < -0.39 is 11.9 Å². The van der Waals surface area contributed by atoms with Crippen molar-refractivity contribution < 1.29 is 19.1 Å². The predicted molar refractivity (Wildman–Crippen MR) is 67.9 cm³/mol. The quantitative estimate of drug-likeness (QED) is 0.610. The summed E-state index contributed by atoms with van der Waals surface area (Å²) in [5.41, 5.74) is 1.28. The molecular weight excluding hydrogens is 256 g/mol. The average Bonchev–Trinajstić information content (AvgIpc) is 2.38. The van der Waals surface area contributed by atoms with E-state index in [2.05, 4.69) is 0 Å². The maximum Gasteiger partial charge on any atom is 0.338 e. The van der Waals surface area contributed by atoms with Crippen molar-refractivity contribution in [2.45, 2.75) is 19.7 Å². The molecule has 5 heteroatoms. The van der Waals surface area contributed by atoms with Crippen LogP contribution in [0.4, 0.5) is 0 Å². The predicted octanol–water partition coefficient (Wildman–Crippen LogP) is 2.78. The van der Waals surface area contributed by atoms with Crippen molar-refractivity contribution in [3.63, 3.8) is 0 Å². The summed E-state index contributed by atoms with van der Waals surface area (Å²) in [5, 5.41) is 0. The van der Waals surface area contributed by atoms with Crippen LogP contribution in [0, 0.1) is 0 Å². The number of benzene rings is 1. The van der Waals surface area contributed by atoms with Crippen LogP contribution in [-0.4, -0.2) is 25.2 Å². The second-order valence-electron chi connectivity index (χ2n) is 3.49. The molecule has 0 bridgehead atoms. The Morgan fingerprint density at radius 2 is 1.44 bits per heavy atom. The van der Waals surface area contributed by atoms with Crippen LogP contribution in [0.15, 0.2) is 18.2 Å². The second-order valence-corrected chi connectivity index (χ2v) is 3.76. The lowest BCUT2D eigenvalue weighted by Gasteiger charge is -2.07. The Morgan fingerprint density at radius 1 is 1.00 bits per heavy atom. The normalized spacial score (nSPS) is 9.94. The number of ether oxygens (including phenoxy) is 2. The van der Waals surface area contributed by atoms with E-state index in [1.165, 1.54) is 6.07 Å². The monoisotopic (exact) mass is 270 g/mol. The summed E-state index contributed by atoms with van der Waals surface area (Å²) in [5.74, 6) is -0.746. The minimum Gasteiger partial charge on any atom is -0.462 e. The molecule has 0 aliphatic carbocycles. The molecule has 0 aromatic heterocycles. The van der Waals surface area contributed by atoms with Crippen molar-refractivity contribution in [1.29, 1.82) is 0 Å². The van der Waals surface area contributed by atoms with Crippen molar-refractivity contribution in [3.05, 3.63) is 34.9 Å². The maximum absolute atomic E-state index is 11.6. The Bertz CT molecular complexity index is 406. The molecular formula is C13H15ClO4. The second kappa shape index (κ2) is 7.01. The number of rotatable bonds is 5. The highest BCUT2D eigenvalue weighted by molar-refractivity contribution is 6.17. The number of halogens is 1. The molecule has 0 heterocycles. The highest BCUT2D eigenvalue weighted by atomic mass is 35.5. The standard InChI is InChI=1S/C13H15ClO4/c1-3-17-12(15)10-5-9(8-14)6-11(7-10)13(16)18-4-2/h5-7H,3-4,8H2,1-2H3. The fraction of sp³-hybridized carbons (Fsp3) is 0.385. The van der Waals surface area contributed by atoms with Gasteiger partial charge < -0.3 is 9.47 Å². The summed E-state index contributed by atoms with van der Waals surface area (Å²) in [4.78, 5) is 23.3. The molecule has 1 rings (SSSR count). The summed E-state index contributed by atoms with van der Waals surface area (Å²) < 4.78 is 9.78. The first-order valence-corrected chi connectivity index (χ1v) is 6.20. The van der Waals surface area contributed by atoms with Gasteiger partial charge in [-0.25, -0.2) is 9.59 Å². The Morgan fingerprint density at radius 3 is 1.78 bits per heavy atom. The van der Waals surface area contributed by atoms with Crippen LogP contribution in [-0.2, 0) is 15.4 Å². The van der Waals surface area contributed by atoms with Gasteiger partial charge in [0.1, 0.15) is 0 Å². The van der Waals surface area contributed by atoms with Gasteiger partial charge in [-0.1, -0.05) is 0 Å². The molecule has 0 aliphatic heterocycles. The topological polar surface area (TPSA) is 52.6 Å². The molecule has 0 spiro atoms. The Balaban J connectivity index is 3.08. The van der Waals surface area contributed by atoms with E-state index in [0.717, 1.165) is 0 Å². The Labute approximate surface area is 111 Å². The minimum absolute atomic E-state index is 0.208. The van der Waals surface area contributed by atoms with Crippen LogP contribution in [0.25, 0.3) is 0 Å². The van der Waals surface area contributed by atoms with Crippen LogP contribution in [0.5, 0.6) is 0 Å². The van der Waals surface area contributed by atoms with Gasteiger partial charge in [0.2, 0.25) is 0 Å². The van der Waals surface area contributed by atoms with Crippen molar-refractivity contribution in [2.75, 3.05) is 13.2 Å². The smallest absolute Gasteiger partial charge is 0.338 e. The van der Waals surface area contributed by atoms with Crippen molar-refractivity contribution in [2.24, 2.45) is 0 Å². The lowest BCUT2D eigenvalue weighted by molar-refractivity contribution is 0.0525. The van der Waals surface area contributed by atoms with Crippen molar-refractivity contribution in [3.8, 4) is 0 Å². The molecule has 0 atom stereocenters. The van der Waals surface area contributed by atoms with Gasteiger partial charge in [0, 0.05) is 5.88 Å². The van der Waals surface area contributed by atoms with Gasteiger partial charge >= 0.3 is 11.9 Å². The van der Waals surface area contributed by atoms with E-state index in [9.17, 15) is 9.59 Å². The van der Waals surface area contributed by atoms with Crippen LogP contribution < -0.4 is 0 Å². The first-order chi connectivity index (χ1) is 8.62. The zero-order valence-electron chi connectivity index (χ0n) is 10.4. The summed E-state index contributed by atoms with van der Waals surface area (Å²) in [6.07, 6.45) is 0. The van der Waals surface area contributed by atoms with Gasteiger partial charge in [0.05, 0.1) is 24.3 Å². The lowest BCUT2D eigenvalue weighted by atomic mass is 10.1. The molecule has 18 heavy (non-hydrogen) atoms. The third-order valence-electron chi connectivity index (χ3n) is 2.17. The molecule has 0 saturated carbocycles. The van der Waals surface area contributed by atoms with Gasteiger partial charge in [-0.15, -0.1) is 11.6 Å². The van der Waals surface area contributed by atoms with E-state index in [4.69, 9.17) is 21.1 Å². The first kappa shape index (κ1) is 14.5. The van der Waals surface area contributed by atoms with E-state index >= 15 is 0 Å². The maximum atomic E-state index is 11.6. The average molecular weight is 271 g/mol. The minimum atomic E-state index is -0.477. The first-order valence-electron chi connectivity index (χ1n) is 5.66. The van der Waals surface area contributed by atoms with Crippen molar-refractivity contribution >= 4 is 23.5 Å². The number of esters is 2. The highest BCUT2D eigenvalue weighted by Gasteiger charge is 2.14. The van der Waals surface area contributed by atoms with Crippen LogP contribution in [0.1, 0.15) is 40.1 Å². The van der Waals surface area contributed by atoms with Gasteiger partial charge in [0.15, 0.2) is 0 Å². The largest absolute Gasteiger partial charge is 0.462 e. The molecule has 98 valence electrons. The lowest BCUT2D eigenvalue weighted by Crippen LogP contribution is -2.10. The molecule has 0 radical (unpaired) electrons. The van der Waals surface area contributed by atoms with Crippen molar-refractivity contribution in [1.82, 2.24) is 0 Å². The number of hydrogen-bond donors (Lipinski definition) is 0. The van der Waals surface area contributed by atoms with Gasteiger partial charge in [-0.3, -0.25) is 0 Å². The summed E-state index contributed by atoms with van der Waals surface area (Å²) in [6.45, 7) is 3.99. The fourth-order valence-electron chi connectivity index (χ4n) is 1.43. The summed E-state index contributed by atoms with van der Waals surface area (Å²) in [7, 11) is 0. The van der Waals surface area contributed by atoms with Crippen LogP contribution in [0.2, 0.25) is 0 Å². The van der Waals surface area contributed by atoms with Gasteiger partial charge in [0.25, 0.3) is 0 Å². The number of alkyl halides is 1. The van der Waals surface area contributed by atoms with E-state index in [-0.39, 0.29) is 19.1 Å². The molecule has 0 unspecified atom stereocenters. The van der Waals surface area contributed by atoms with E-state index in [1.807, 2.05) is 0 Å². The third kappa shape index (κ3) is 3.74. The van der Waals surface area contributed by atoms with E-state index in [0.29, 0.717) is 16.7 Å². The molecule has 4 nitrogen and oxygen atoms in total. The Hall–Kier alpha value is -1.55. The molecule has 0 N–H and O–H groups in total. The molecule has 1 aromatic carbocycles. The zero-order valence-corrected chi connectivity index (χ0v) is 11.1. The molecule has 1 aromatic rings. The molecule has 0 fully saturated rings. The fourth-order valence-corrected chi connectivity index (χ4v) is 1.59. The number of hydrogen-bond acceptors (Lipinski definition) is 4.